The summed E-state index contributed by atoms with van der Waals surface area (Å²) >= 11 is 5.25. The molecule has 0 saturated carbocycles. The Kier molecular flexibility index (Phi) is 4.34. The van der Waals surface area contributed by atoms with Gasteiger partial charge in [-0.25, -0.2) is 0 Å². The van der Waals surface area contributed by atoms with Gasteiger partial charge in [0, 0.05) is 0 Å². The zero-order chi connectivity index (χ0) is 10.6. The first-order chi connectivity index (χ1) is 6.49. The van der Waals surface area contributed by atoms with Crippen LogP contribution in [0.3, 0.4) is 0 Å². The summed E-state index contributed by atoms with van der Waals surface area (Å²) in [4.78, 5) is 0. The molecule has 0 aliphatic rings. The van der Waals surface area contributed by atoms with Crippen molar-refractivity contribution in [1.29, 1.82) is 0 Å². The summed E-state index contributed by atoms with van der Waals surface area (Å²) in [6, 6.07) is 7.76. The van der Waals surface area contributed by atoms with Crippen LogP contribution in [-0.2, 0) is 17.9 Å². The van der Waals surface area contributed by atoms with Gasteiger partial charge in [0.2, 0.25) is 0 Å². The first-order valence-corrected chi connectivity index (χ1v) is 7.83. The third-order valence-electron chi connectivity index (χ3n) is 1.41. The molecule has 0 radical (unpaired) electrons. The Morgan fingerprint density at radius 2 is 1.93 bits per heavy atom. The van der Waals surface area contributed by atoms with Crippen molar-refractivity contribution in [2.24, 2.45) is 8.91 Å². The van der Waals surface area contributed by atoms with Gasteiger partial charge in [0.1, 0.15) is 0 Å². The fraction of sp³-hybridized carbons (Fsp3) is 0.364. The summed E-state index contributed by atoms with van der Waals surface area (Å²) in [5.41, 5.74) is 1.23. The number of nitrogens with zero attached hydrogens (tertiary/aromatic N) is 1. The van der Waals surface area contributed by atoms with E-state index in [0.29, 0.717) is 0 Å². The number of rotatable bonds is 1. The third-order valence-corrected chi connectivity index (χ3v) is 5.73. The SMILES string of the molecule is CC(C)(C)[CH]=[W]=[N]c1ccccc1Cl. The topological polar surface area (TPSA) is 12.4 Å². The predicted molar refractivity (Wildman–Crippen MR) is 59.1 cm³/mol. The van der Waals surface area contributed by atoms with Gasteiger partial charge in [-0.15, -0.1) is 0 Å². The van der Waals surface area contributed by atoms with Crippen molar-refractivity contribution in [2.45, 2.75) is 20.8 Å². The van der Waals surface area contributed by atoms with Crippen molar-refractivity contribution < 1.29 is 17.9 Å². The standard InChI is InChI=1S/C6H4ClN.C5H10.W/c7-5-3-1-2-4-6(5)8;1-5(2,3)4;/h1-4H;1H,2-4H3;. The van der Waals surface area contributed by atoms with Crippen molar-refractivity contribution in [3.8, 4) is 0 Å². The maximum atomic E-state index is 5.99. The van der Waals surface area contributed by atoms with Gasteiger partial charge < -0.3 is 0 Å². The van der Waals surface area contributed by atoms with Crippen molar-refractivity contribution in [3.05, 3.63) is 29.3 Å². The molecule has 1 nitrogen and oxygen atoms in total. The van der Waals surface area contributed by atoms with Crippen LogP contribution in [-0.4, -0.2) is 4.40 Å². The Morgan fingerprint density at radius 3 is 2.50 bits per heavy atom. The molecule has 0 aliphatic carbocycles. The second-order valence-electron chi connectivity index (χ2n) is 4.13. The van der Waals surface area contributed by atoms with E-state index in [2.05, 4.69) is 28.7 Å². The molecule has 0 saturated heterocycles. The summed E-state index contributed by atoms with van der Waals surface area (Å²) in [7, 11) is 0. The molecule has 0 aromatic heterocycles. The van der Waals surface area contributed by atoms with Crippen LogP contribution in [0.4, 0.5) is 5.69 Å². The van der Waals surface area contributed by atoms with Crippen LogP contribution in [0.25, 0.3) is 0 Å². The van der Waals surface area contributed by atoms with Crippen molar-refractivity contribution in [1.82, 2.24) is 0 Å². The van der Waals surface area contributed by atoms with Gasteiger partial charge in [0.25, 0.3) is 0 Å². The summed E-state index contributed by atoms with van der Waals surface area (Å²) in [6.07, 6.45) is 0. The van der Waals surface area contributed by atoms with Crippen molar-refractivity contribution in [2.75, 3.05) is 0 Å². The van der Waals surface area contributed by atoms with E-state index in [9.17, 15) is 0 Å². The molecule has 0 aliphatic heterocycles. The first-order valence-electron chi connectivity index (χ1n) is 4.45. The molecule has 0 amide bonds. The Hall–Kier alpha value is -0.132. The number of benzene rings is 1. The molecule has 0 fully saturated rings. The van der Waals surface area contributed by atoms with E-state index in [0.717, 1.165) is 10.7 Å². The fourth-order valence-electron chi connectivity index (χ4n) is 0.767. The number of hydrogen-bond acceptors (Lipinski definition) is 1. The zero-order valence-electron chi connectivity index (χ0n) is 8.62. The second kappa shape index (κ2) is 5.09. The third kappa shape index (κ3) is 4.39. The van der Waals surface area contributed by atoms with Gasteiger partial charge in [0.15, 0.2) is 0 Å². The number of halogens is 1. The van der Waals surface area contributed by atoms with Gasteiger partial charge in [-0.2, -0.15) is 0 Å². The van der Waals surface area contributed by atoms with Crippen LogP contribution < -0.4 is 0 Å². The summed E-state index contributed by atoms with van der Waals surface area (Å²) in [5, 5.41) is 0.759. The Bertz CT molecular complexity index is 373. The Balaban J connectivity index is 2.90. The van der Waals surface area contributed by atoms with Crippen LogP contribution in [0.5, 0.6) is 0 Å². The van der Waals surface area contributed by atoms with Crippen LogP contribution in [0.15, 0.2) is 27.8 Å². The monoisotopic (exact) mass is 379 g/mol. The predicted octanol–water partition coefficient (Wildman–Crippen LogP) is 4.09. The molecule has 14 heavy (non-hydrogen) atoms. The Labute approximate surface area is 98.4 Å². The van der Waals surface area contributed by atoms with E-state index in [1.54, 1.807) is 0 Å². The summed E-state index contributed by atoms with van der Waals surface area (Å²) in [6.45, 7) is 6.61. The van der Waals surface area contributed by atoms with E-state index in [4.69, 9.17) is 11.6 Å². The van der Waals surface area contributed by atoms with Gasteiger partial charge in [0.05, 0.1) is 0 Å². The molecule has 76 valence electrons. The molecule has 3 heteroatoms. The first kappa shape index (κ1) is 11.9. The molecule has 0 heterocycles. The molecule has 0 N–H and O–H groups in total. The fourth-order valence-corrected chi connectivity index (χ4v) is 3.45. The average Bonchev–Trinajstić information content (AvgIpc) is 2.06. The summed E-state index contributed by atoms with van der Waals surface area (Å²) < 4.78 is 6.91. The molecule has 1 aromatic carbocycles. The molecule has 0 spiro atoms. The Morgan fingerprint density at radius 1 is 1.29 bits per heavy atom. The summed E-state index contributed by atoms with van der Waals surface area (Å²) in [5.74, 6) is 0. The van der Waals surface area contributed by atoms with E-state index < -0.39 is 17.9 Å². The van der Waals surface area contributed by atoms with Crippen molar-refractivity contribution in [3.63, 3.8) is 0 Å². The zero-order valence-corrected chi connectivity index (χ0v) is 12.3. The van der Waals surface area contributed by atoms with Crippen LogP contribution in [0, 0.1) is 5.41 Å². The van der Waals surface area contributed by atoms with Gasteiger partial charge in [-0.3, -0.25) is 0 Å². The van der Waals surface area contributed by atoms with Gasteiger partial charge >= 0.3 is 98.6 Å². The van der Waals surface area contributed by atoms with Gasteiger partial charge in [-0.1, -0.05) is 0 Å². The average molecular weight is 380 g/mol. The molecule has 1 rings (SSSR count). The van der Waals surface area contributed by atoms with Gasteiger partial charge in [-0.05, 0) is 0 Å². The molecular formula is C11H14ClNW. The molecule has 0 bridgehead atoms. The van der Waals surface area contributed by atoms with Crippen LogP contribution in [0.2, 0.25) is 5.02 Å². The molecule has 1 aromatic rings. The quantitative estimate of drug-likeness (QED) is 0.697. The maximum absolute atomic E-state index is 5.99. The van der Waals surface area contributed by atoms with E-state index in [1.807, 2.05) is 24.3 Å². The minimum atomic E-state index is -0.739. The van der Waals surface area contributed by atoms with Crippen molar-refractivity contribution >= 4 is 21.7 Å². The number of hydrogen-bond donors (Lipinski definition) is 0. The molecular weight excluding hydrogens is 365 g/mol. The van der Waals surface area contributed by atoms with Crippen LogP contribution in [0.1, 0.15) is 20.8 Å². The second-order valence-corrected chi connectivity index (χ2v) is 6.80. The molecule has 0 atom stereocenters. The molecule has 0 unspecified atom stereocenters. The van der Waals surface area contributed by atoms with E-state index in [1.165, 1.54) is 0 Å². The minimum absolute atomic E-state index is 0.287. The van der Waals surface area contributed by atoms with E-state index in [-0.39, 0.29) is 5.41 Å². The normalized spacial score (nSPS) is 10.9. The van der Waals surface area contributed by atoms with E-state index >= 15 is 0 Å². The van der Waals surface area contributed by atoms with Crippen LogP contribution >= 0.6 is 11.6 Å².